The maximum atomic E-state index is 5.51. The molecular formula is C39H41N. The van der Waals surface area contributed by atoms with Crippen LogP contribution < -0.4 is 0 Å². The Balaban J connectivity index is 1.31. The molecule has 1 nitrogen and oxygen atoms in total. The van der Waals surface area contributed by atoms with Crippen LogP contribution in [0.5, 0.6) is 0 Å². The third-order valence-electron chi connectivity index (χ3n) is 9.01. The number of aromatic nitrogens is 1. The first-order chi connectivity index (χ1) is 19.5. The molecule has 0 N–H and O–H groups in total. The van der Waals surface area contributed by atoms with Crippen molar-refractivity contribution in [1.82, 2.24) is 4.98 Å². The molecule has 0 bridgehead atoms. The Morgan fingerprint density at radius 1 is 1.00 bits per heavy atom. The molecule has 1 fully saturated rings. The SMILES string of the molecule is C#Cc1ccc(CC2CCC(C(C(=C)CCc3ccccc3)c3ccc(C4=CC=CC(C)C4=C)cc3)CC2)nc1. The Kier molecular flexibility index (Phi) is 8.98. The maximum absolute atomic E-state index is 5.51. The first kappa shape index (κ1) is 27.7. The zero-order valence-corrected chi connectivity index (χ0v) is 23.9. The van der Waals surface area contributed by atoms with Crippen molar-refractivity contribution in [3.8, 4) is 12.3 Å². The van der Waals surface area contributed by atoms with Gasteiger partial charge in [-0.2, -0.15) is 0 Å². The number of hydrogen-bond donors (Lipinski definition) is 0. The lowest BCUT2D eigenvalue weighted by Crippen LogP contribution is -2.23. The minimum Gasteiger partial charge on any atom is -0.260 e. The van der Waals surface area contributed by atoms with Crippen LogP contribution >= 0.6 is 0 Å². The molecule has 3 aromatic rings. The van der Waals surface area contributed by atoms with E-state index in [0.29, 0.717) is 23.7 Å². The van der Waals surface area contributed by atoms with Gasteiger partial charge >= 0.3 is 0 Å². The zero-order chi connectivity index (χ0) is 27.9. The molecular weight excluding hydrogens is 482 g/mol. The second-order valence-corrected chi connectivity index (χ2v) is 11.7. The van der Waals surface area contributed by atoms with E-state index in [-0.39, 0.29) is 0 Å². The van der Waals surface area contributed by atoms with Gasteiger partial charge in [0.15, 0.2) is 0 Å². The van der Waals surface area contributed by atoms with Gasteiger partial charge in [-0.25, -0.2) is 0 Å². The van der Waals surface area contributed by atoms with Crippen LogP contribution in [-0.2, 0) is 12.8 Å². The molecule has 1 saturated carbocycles. The number of allylic oxidation sites excluding steroid dienone is 6. The average molecular weight is 524 g/mol. The van der Waals surface area contributed by atoms with Crippen LogP contribution in [0.3, 0.4) is 0 Å². The zero-order valence-electron chi connectivity index (χ0n) is 23.9. The molecule has 0 radical (unpaired) electrons. The number of nitrogens with zero attached hydrogens (tertiary/aromatic N) is 1. The van der Waals surface area contributed by atoms with Crippen LogP contribution in [0.15, 0.2) is 115 Å². The highest BCUT2D eigenvalue weighted by Gasteiger charge is 2.30. The fourth-order valence-electron chi connectivity index (χ4n) is 6.54. The third kappa shape index (κ3) is 6.63. The Bertz CT molecular complexity index is 1400. The van der Waals surface area contributed by atoms with Crippen molar-refractivity contribution < 1.29 is 0 Å². The summed E-state index contributed by atoms with van der Waals surface area (Å²) in [6, 6.07) is 24.2. The molecule has 1 heteroatoms. The summed E-state index contributed by atoms with van der Waals surface area (Å²) in [6.07, 6.45) is 21.9. The van der Waals surface area contributed by atoms with Crippen molar-refractivity contribution >= 4 is 5.57 Å². The summed E-state index contributed by atoms with van der Waals surface area (Å²) in [5.41, 5.74) is 9.87. The van der Waals surface area contributed by atoms with E-state index >= 15 is 0 Å². The predicted molar refractivity (Wildman–Crippen MR) is 170 cm³/mol. The molecule has 40 heavy (non-hydrogen) atoms. The Hall–Kier alpha value is -3.89. The first-order valence-electron chi connectivity index (χ1n) is 14.8. The van der Waals surface area contributed by atoms with Crippen molar-refractivity contribution in [3.05, 3.63) is 143 Å². The van der Waals surface area contributed by atoms with Crippen molar-refractivity contribution in [1.29, 1.82) is 0 Å². The summed E-state index contributed by atoms with van der Waals surface area (Å²) in [5, 5.41) is 0. The van der Waals surface area contributed by atoms with E-state index in [2.05, 4.69) is 103 Å². The van der Waals surface area contributed by atoms with Crippen LogP contribution in [0.2, 0.25) is 0 Å². The van der Waals surface area contributed by atoms with E-state index < -0.39 is 0 Å². The summed E-state index contributed by atoms with van der Waals surface area (Å²) >= 11 is 0. The number of terminal acetylenes is 1. The van der Waals surface area contributed by atoms with Crippen molar-refractivity contribution in [2.75, 3.05) is 0 Å². The van der Waals surface area contributed by atoms with Gasteiger partial charge < -0.3 is 0 Å². The topological polar surface area (TPSA) is 12.9 Å². The highest BCUT2D eigenvalue weighted by Crippen LogP contribution is 2.44. The van der Waals surface area contributed by atoms with E-state index in [1.165, 1.54) is 59.1 Å². The van der Waals surface area contributed by atoms with Crippen LogP contribution in [-0.4, -0.2) is 4.98 Å². The fourth-order valence-corrected chi connectivity index (χ4v) is 6.54. The molecule has 0 amide bonds. The van der Waals surface area contributed by atoms with E-state index in [0.717, 1.165) is 30.5 Å². The summed E-state index contributed by atoms with van der Waals surface area (Å²) in [6.45, 7) is 11.3. The van der Waals surface area contributed by atoms with E-state index in [1.807, 2.05) is 12.3 Å². The molecule has 0 spiro atoms. The lowest BCUT2D eigenvalue weighted by molar-refractivity contribution is 0.251. The molecule has 2 aromatic carbocycles. The van der Waals surface area contributed by atoms with Crippen LogP contribution in [0.25, 0.3) is 5.57 Å². The normalized spacial score (nSPS) is 21.4. The maximum Gasteiger partial charge on any atom is 0.0427 e. The van der Waals surface area contributed by atoms with Gasteiger partial charge in [-0.05, 0) is 103 Å². The van der Waals surface area contributed by atoms with E-state index in [9.17, 15) is 0 Å². The first-order valence-corrected chi connectivity index (χ1v) is 14.8. The second-order valence-electron chi connectivity index (χ2n) is 11.7. The van der Waals surface area contributed by atoms with Crippen LogP contribution in [0.1, 0.15) is 72.9 Å². The molecule has 0 saturated heterocycles. The summed E-state index contributed by atoms with van der Waals surface area (Å²) < 4.78 is 0. The fraction of sp³-hybridized carbons (Fsp3) is 0.308. The molecule has 5 rings (SSSR count). The number of benzene rings is 2. The van der Waals surface area contributed by atoms with Crippen molar-refractivity contribution in [2.24, 2.45) is 17.8 Å². The standard InChI is InChI=1S/C39H41N/c1-5-31-18-25-37(40-27-31)26-33-16-19-35(20-17-33)39(29(3)14-15-32-11-7-6-8-12-32)36-23-21-34(22-24-36)38-13-9-10-28(2)30(38)4/h1,6-13,18,21-25,27-28,33,35,39H,3-4,14-17,19-20,26H2,2H3. The van der Waals surface area contributed by atoms with E-state index in [4.69, 9.17) is 13.0 Å². The lowest BCUT2D eigenvalue weighted by Gasteiger charge is -2.35. The predicted octanol–water partition coefficient (Wildman–Crippen LogP) is 9.53. The lowest BCUT2D eigenvalue weighted by atomic mass is 9.69. The average Bonchev–Trinajstić information content (AvgIpc) is 3.00. The van der Waals surface area contributed by atoms with Crippen molar-refractivity contribution in [2.45, 2.75) is 57.8 Å². The quantitative estimate of drug-likeness (QED) is 0.201. The smallest absolute Gasteiger partial charge is 0.0427 e. The molecule has 2 aliphatic carbocycles. The van der Waals surface area contributed by atoms with Gasteiger partial charge in [-0.15, -0.1) is 6.42 Å². The number of hydrogen-bond acceptors (Lipinski definition) is 1. The third-order valence-corrected chi connectivity index (χ3v) is 9.01. The molecule has 0 aliphatic heterocycles. The monoisotopic (exact) mass is 523 g/mol. The van der Waals surface area contributed by atoms with Crippen LogP contribution in [0.4, 0.5) is 0 Å². The van der Waals surface area contributed by atoms with Gasteiger partial charge in [-0.1, -0.05) is 104 Å². The highest BCUT2D eigenvalue weighted by molar-refractivity contribution is 5.81. The summed E-state index contributed by atoms with van der Waals surface area (Å²) in [4.78, 5) is 4.61. The molecule has 2 unspecified atom stereocenters. The summed E-state index contributed by atoms with van der Waals surface area (Å²) in [7, 11) is 0. The minimum atomic E-state index is 0.380. The number of aryl methyl sites for hydroxylation is 1. The second kappa shape index (κ2) is 13.0. The van der Waals surface area contributed by atoms with Gasteiger partial charge in [0.05, 0.1) is 0 Å². The van der Waals surface area contributed by atoms with Crippen LogP contribution in [0, 0.1) is 30.1 Å². The molecule has 202 valence electrons. The molecule has 2 atom stereocenters. The Labute approximate surface area is 241 Å². The van der Waals surface area contributed by atoms with E-state index in [1.54, 1.807) is 0 Å². The minimum absolute atomic E-state index is 0.380. The van der Waals surface area contributed by atoms with Crippen molar-refractivity contribution in [3.63, 3.8) is 0 Å². The van der Waals surface area contributed by atoms with Gasteiger partial charge in [0.1, 0.15) is 0 Å². The number of rotatable bonds is 9. The Morgan fingerprint density at radius 3 is 2.42 bits per heavy atom. The van der Waals surface area contributed by atoms with Gasteiger partial charge in [0.2, 0.25) is 0 Å². The van der Waals surface area contributed by atoms with Gasteiger partial charge in [0, 0.05) is 23.4 Å². The summed E-state index contributed by atoms with van der Waals surface area (Å²) in [5.74, 6) is 4.73. The molecule has 2 aliphatic rings. The van der Waals surface area contributed by atoms with Gasteiger partial charge in [-0.3, -0.25) is 4.98 Å². The number of pyridine rings is 1. The Morgan fingerprint density at radius 2 is 1.75 bits per heavy atom. The highest BCUT2D eigenvalue weighted by atomic mass is 14.7. The molecule has 1 heterocycles. The molecule has 1 aromatic heterocycles. The largest absolute Gasteiger partial charge is 0.260 e. The van der Waals surface area contributed by atoms with Gasteiger partial charge in [0.25, 0.3) is 0 Å².